The highest BCUT2D eigenvalue weighted by atomic mass is 35.5. The van der Waals surface area contributed by atoms with E-state index in [2.05, 4.69) is 31.0 Å². The predicted octanol–water partition coefficient (Wildman–Crippen LogP) is 2.91. The molecule has 28 heavy (non-hydrogen) atoms. The Hall–Kier alpha value is -3.59. The van der Waals surface area contributed by atoms with E-state index in [4.69, 9.17) is 11.6 Å². The van der Waals surface area contributed by atoms with Gasteiger partial charge >= 0.3 is 0 Å². The Morgan fingerprint density at radius 2 is 1.89 bits per heavy atom. The van der Waals surface area contributed by atoms with E-state index < -0.39 is 11.6 Å². The van der Waals surface area contributed by atoms with Crippen molar-refractivity contribution in [2.24, 2.45) is 0 Å². The van der Waals surface area contributed by atoms with Gasteiger partial charge in [0.05, 0.1) is 5.69 Å². The Morgan fingerprint density at radius 3 is 2.68 bits per heavy atom. The number of benzene rings is 2. The standard InChI is InChI=1S/C18H11ClFN7O/c19-12-4-2-1-3-11(12)16-13-14(9-5-7-10(20)8-6-9)22-23-17(28)15(13)21-18-24-25-26-27(16)18/h1-8,16H,(H,23,28)(H,21,24,26). The number of H-pyrrole nitrogens is 1. The van der Waals surface area contributed by atoms with Crippen LogP contribution in [0.15, 0.2) is 53.3 Å². The summed E-state index contributed by atoms with van der Waals surface area (Å²) < 4.78 is 15.0. The normalized spacial score (nSPS) is 14.9. The molecule has 138 valence electrons. The third kappa shape index (κ3) is 2.48. The van der Waals surface area contributed by atoms with Crippen LogP contribution in [-0.2, 0) is 0 Å². The highest BCUT2D eigenvalue weighted by Crippen LogP contribution is 2.42. The first-order valence-corrected chi connectivity index (χ1v) is 8.69. The van der Waals surface area contributed by atoms with Crippen LogP contribution in [0.4, 0.5) is 16.0 Å². The third-order valence-corrected chi connectivity index (χ3v) is 4.93. The summed E-state index contributed by atoms with van der Waals surface area (Å²) in [7, 11) is 0. The number of aromatic amines is 1. The van der Waals surface area contributed by atoms with Crippen LogP contribution in [-0.4, -0.2) is 30.4 Å². The smallest absolute Gasteiger partial charge is 0.288 e. The van der Waals surface area contributed by atoms with Crippen LogP contribution in [0.5, 0.6) is 0 Å². The second kappa shape index (κ2) is 6.24. The molecule has 5 rings (SSSR count). The molecule has 1 aliphatic heterocycles. The van der Waals surface area contributed by atoms with E-state index >= 15 is 0 Å². The fourth-order valence-electron chi connectivity index (χ4n) is 3.35. The predicted molar refractivity (Wildman–Crippen MR) is 100 cm³/mol. The number of nitrogens with one attached hydrogen (secondary N) is 2. The molecule has 0 radical (unpaired) electrons. The summed E-state index contributed by atoms with van der Waals surface area (Å²) in [4.78, 5) is 12.5. The second-order valence-electron chi connectivity index (χ2n) is 6.19. The van der Waals surface area contributed by atoms with Gasteiger partial charge in [-0.2, -0.15) is 9.78 Å². The van der Waals surface area contributed by atoms with Gasteiger partial charge in [0.15, 0.2) is 0 Å². The van der Waals surface area contributed by atoms with Gasteiger partial charge in [-0.3, -0.25) is 4.79 Å². The highest BCUT2D eigenvalue weighted by molar-refractivity contribution is 6.31. The van der Waals surface area contributed by atoms with Crippen molar-refractivity contribution in [1.29, 1.82) is 0 Å². The van der Waals surface area contributed by atoms with Gasteiger partial charge in [-0.15, -0.1) is 0 Å². The molecule has 3 heterocycles. The van der Waals surface area contributed by atoms with Gasteiger partial charge in [-0.05, 0) is 40.8 Å². The van der Waals surface area contributed by atoms with Crippen molar-refractivity contribution in [3.8, 4) is 11.3 Å². The SMILES string of the molecule is O=c1[nH]nc(-c2ccc(F)cc2)c2c1Nc1nnnn1C2c1ccccc1Cl. The zero-order chi connectivity index (χ0) is 19.3. The Morgan fingerprint density at radius 1 is 1.11 bits per heavy atom. The Bertz CT molecular complexity index is 1250. The summed E-state index contributed by atoms with van der Waals surface area (Å²) in [5, 5.41) is 21.9. The molecular formula is C18H11ClFN7O. The van der Waals surface area contributed by atoms with Crippen molar-refractivity contribution >= 4 is 23.2 Å². The van der Waals surface area contributed by atoms with E-state index in [1.165, 1.54) is 16.8 Å². The van der Waals surface area contributed by atoms with Crippen LogP contribution in [0.3, 0.4) is 0 Å². The van der Waals surface area contributed by atoms with Crippen molar-refractivity contribution in [2.45, 2.75) is 6.04 Å². The molecule has 2 aromatic carbocycles. The maximum absolute atomic E-state index is 13.4. The topological polar surface area (TPSA) is 101 Å². The zero-order valence-corrected chi connectivity index (χ0v) is 14.9. The van der Waals surface area contributed by atoms with E-state index in [9.17, 15) is 9.18 Å². The minimum absolute atomic E-state index is 0.265. The number of halogens is 2. The lowest BCUT2D eigenvalue weighted by atomic mass is 9.92. The van der Waals surface area contributed by atoms with E-state index in [0.717, 1.165) is 0 Å². The molecule has 0 amide bonds. The Kier molecular flexibility index (Phi) is 3.69. The minimum atomic E-state index is -0.593. The lowest BCUT2D eigenvalue weighted by Gasteiger charge is -2.28. The summed E-state index contributed by atoms with van der Waals surface area (Å²) in [5.41, 5.74) is 2.19. The largest absolute Gasteiger partial charge is 0.318 e. The van der Waals surface area contributed by atoms with Crippen molar-refractivity contribution in [3.05, 3.63) is 80.9 Å². The van der Waals surface area contributed by atoms with E-state index in [1.54, 1.807) is 18.2 Å². The number of anilines is 2. The molecule has 4 aromatic rings. The molecule has 0 fully saturated rings. The van der Waals surface area contributed by atoms with Crippen LogP contribution in [0, 0.1) is 5.82 Å². The van der Waals surface area contributed by atoms with Gasteiger partial charge in [0.1, 0.15) is 17.5 Å². The van der Waals surface area contributed by atoms with Gasteiger partial charge in [0, 0.05) is 21.7 Å². The average molecular weight is 396 g/mol. The zero-order valence-electron chi connectivity index (χ0n) is 14.1. The highest BCUT2D eigenvalue weighted by Gasteiger charge is 2.35. The molecular weight excluding hydrogens is 385 g/mol. The quantitative estimate of drug-likeness (QED) is 0.476. The number of hydrogen-bond donors (Lipinski definition) is 2. The Balaban J connectivity index is 1.84. The number of tetrazole rings is 1. The molecule has 0 saturated carbocycles. The van der Waals surface area contributed by atoms with Gasteiger partial charge < -0.3 is 5.32 Å². The number of nitrogens with zero attached hydrogens (tertiary/aromatic N) is 5. The lowest BCUT2D eigenvalue weighted by molar-refractivity contribution is 0.567. The number of hydrogen-bond acceptors (Lipinski definition) is 6. The molecule has 1 atom stereocenters. The summed E-state index contributed by atoms with van der Waals surface area (Å²) in [5.74, 6) is -0.0650. The van der Waals surface area contributed by atoms with Crippen molar-refractivity contribution in [3.63, 3.8) is 0 Å². The number of rotatable bonds is 2. The van der Waals surface area contributed by atoms with Crippen molar-refractivity contribution in [1.82, 2.24) is 30.4 Å². The molecule has 0 aliphatic carbocycles. The van der Waals surface area contributed by atoms with Gasteiger partial charge in [-0.1, -0.05) is 34.9 Å². The molecule has 0 spiro atoms. The molecule has 0 bridgehead atoms. The minimum Gasteiger partial charge on any atom is -0.318 e. The van der Waals surface area contributed by atoms with Crippen LogP contribution in [0.1, 0.15) is 17.2 Å². The molecule has 10 heteroatoms. The van der Waals surface area contributed by atoms with Crippen LogP contribution >= 0.6 is 11.6 Å². The molecule has 2 N–H and O–H groups in total. The first kappa shape index (κ1) is 16.6. The van der Waals surface area contributed by atoms with Crippen LogP contribution in [0.25, 0.3) is 11.3 Å². The maximum atomic E-state index is 13.4. The summed E-state index contributed by atoms with van der Waals surface area (Å²) in [6, 6.07) is 12.5. The van der Waals surface area contributed by atoms with Gasteiger partial charge in [0.2, 0.25) is 5.95 Å². The van der Waals surface area contributed by atoms with Crippen LogP contribution < -0.4 is 10.9 Å². The van der Waals surface area contributed by atoms with E-state index in [0.29, 0.717) is 33.4 Å². The fourth-order valence-corrected chi connectivity index (χ4v) is 3.59. The van der Waals surface area contributed by atoms with Gasteiger partial charge in [-0.25, -0.2) is 9.49 Å². The first-order chi connectivity index (χ1) is 13.6. The summed E-state index contributed by atoms with van der Waals surface area (Å²) in [6.45, 7) is 0. The fraction of sp³-hybridized carbons (Fsp3) is 0.0556. The van der Waals surface area contributed by atoms with Crippen molar-refractivity contribution in [2.75, 3.05) is 5.32 Å². The molecule has 0 saturated heterocycles. The van der Waals surface area contributed by atoms with Crippen molar-refractivity contribution < 1.29 is 4.39 Å². The molecule has 2 aromatic heterocycles. The number of fused-ring (bicyclic) bond motifs is 2. The van der Waals surface area contributed by atoms with E-state index in [-0.39, 0.29) is 11.5 Å². The monoisotopic (exact) mass is 395 g/mol. The third-order valence-electron chi connectivity index (χ3n) is 4.59. The van der Waals surface area contributed by atoms with E-state index in [1.807, 2.05) is 18.2 Å². The average Bonchev–Trinajstić information content (AvgIpc) is 3.17. The lowest BCUT2D eigenvalue weighted by Crippen LogP contribution is -2.29. The van der Waals surface area contributed by atoms with Gasteiger partial charge in [0.25, 0.3) is 5.56 Å². The Labute approximate surface area is 162 Å². The maximum Gasteiger partial charge on any atom is 0.288 e. The second-order valence-corrected chi connectivity index (χ2v) is 6.60. The molecule has 1 unspecified atom stereocenters. The van der Waals surface area contributed by atoms with Crippen LogP contribution in [0.2, 0.25) is 5.02 Å². The number of aromatic nitrogens is 6. The summed E-state index contributed by atoms with van der Waals surface area (Å²) in [6.07, 6.45) is 0. The molecule has 8 nitrogen and oxygen atoms in total. The first-order valence-electron chi connectivity index (χ1n) is 8.31. The summed E-state index contributed by atoms with van der Waals surface area (Å²) >= 11 is 6.46. The molecule has 1 aliphatic rings.